The van der Waals surface area contributed by atoms with Crippen LogP contribution in [0.25, 0.3) is 0 Å². The topological polar surface area (TPSA) is 84.9 Å². The van der Waals surface area contributed by atoms with Crippen molar-refractivity contribution < 1.29 is 24.2 Å². The highest BCUT2D eigenvalue weighted by molar-refractivity contribution is 5.94. The fourth-order valence-electron chi connectivity index (χ4n) is 2.69. The molecule has 27 heavy (non-hydrogen) atoms. The molecule has 0 unspecified atom stereocenters. The van der Waals surface area contributed by atoms with Gasteiger partial charge in [-0.2, -0.15) is 0 Å². The summed E-state index contributed by atoms with van der Waals surface area (Å²) in [5.41, 5.74) is 0.976. The Bertz CT molecular complexity index is 773. The zero-order chi connectivity index (χ0) is 19.8. The third kappa shape index (κ3) is 6.02. The molecule has 0 radical (unpaired) electrons. The fraction of sp³-hybridized carbons (Fsp3) is 0.333. The largest absolute Gasteiger partial charge is 0.507 e. The average molecular weight is 371 g/mol. The van der Waals surface area contributed by atoms with Crippen LogP contribution in [-0.2, 0) is 9.53 Å². The molecular weight excluding hydrogens is 346 g/mol. The number of phenolic OH excluding ortho intramolecular Hbond substituents is 1. The highest BCUT2D eigenvalue weighted by Crippen LogP contribution is 2.24. The van der Waals surface area contributed by atoms with E-state index in [-0.39, 0.29) is 17.4 Å². The Hall–Kier alpha value is -3.02. The van der Waals surface area contributed by atoms with E-state index in [9.17, 15) is 14.7 Å². The van der Waals surface area contributed by atoms with E-state index in [0.29, 0.717) is 11.7 Å². The van der Waals surface area contributed by atoms with Gasteiger partial charge in [0.25, 0.3) is 5.91 Å². The standard InChI is InChI=1S/C21H25NO5/c1-14(2)11-18(15-7-5-4-6-8-15)22-20(24)13-27-21(25)17-10-9-16(26-3)12-19(17)23/h4-10,12,14,18,23H,11,13H2,1-3H3,(H,22,24)/t18-/m1/s1. The summed E-state index contributed by atoms with van der Waals surface area (Å²) in [6.07, 6.45) is 0.767. The Morgan fingerprint density at radius 2 is 1.81 bits per heavy atom. The molecule has 0 aliphatic carbocycles. The SMILES string of the molecule is COc1ccc(C(=O)OCC(=O)N[C@H](CC(C)C)c2ccccc2)c(O)c1. The normalized spacial score (nSPS) is 11.7. The smallest absolute Gasteiger partial charge is 0.342 e. The Morgan fingerprint density at radius 3 is 2.41 bits per heavy atom. The maximum Gasteiger partial charge on any atom is 0.342 e. The molecule has 0 aliphatic heterocycles. The second kappa shape index (κ2) is 9.62. The van der Waals surface area contributed by atoms with Crippen molar-refractivity contribution in [3.8, 4) is 11.5 Å². The molecule has 0 saturated heterocycles. The Morgan fingerprint density at radius 1 is 1.11 bits per heavy atom. The van der Waals surface area contributed by atoms with Gasteiger partial charge in [0, 0.05) is 6.07 Å². The number of ether oxygens (including phenoxy) is 2. The molecule has 6 nitrogen and oxygen atoms in total. The zero-order valence-electron chi connectivity index (χ0n) is 15.8. The fourth-order valence-corrected chi connectivity index (χ4v) is 2.69. The van der Waals surface area contributed by atoms with Crippen molar-refractivity contribution >= 4 is 11.9 Å². The molecule has 2 N–H and O–H groups in total. The number of phenols is 1. The van der Waals surface area contributed by atoms with Gasteiger partial charge in [-0.25, -0.2) is 4.79 Å². The van der Waals surface area contributed by atoms with E-state index in [0.717, 1.165) is 12.0 Å². The summed E-state index contributed by atoms with van der Waals surface area (Å²) >= 11 is 0. The van der Waals surface area contributed by atoms with Crippen LogP contribution in [0.3, 0.4) is 0 Å². The first-order valence-corrected chi connectivity index (χ1v) is 8.79. The minimum atomic E-state index is -0.773. The highest BCUT2D eigenvalue weighted by atomic mass is 16.5. The lowest BCUT2D eigenvalue weighted by Crippen LogP contribution is -2.33. The molecule has 0 aromatic heterocycles. The van der Waals surface area contributed by atoms with E-state index >= 15 is 0 Å². The van der Waals surface area contributed by atoms with E-state index in [1.54, 1.807) is 0 Å². The summed E-state index contributed by atoms with van der Waals surface area (Å²) in [4.78, 5) is 24.4. The minimum absolute atomic E-state index is 0.0228. The quantitative estimate of drug-likeness (QED) is 0.694. The van der Waals surface area contributed by atoms with E-state index in [4.69, 9.17) is 9.47 Å². The number of esters is 1. The number of amides is 1. The van der Waals surface area contributed by atoms with Crippen LogP contribution in [0.1, 0.15) is 42.2 Å². The van der Waals surface area contributed by atoms with Crippen LogP contribution in [0.2, 0.25) is 0 Å². The van der Waals surface area contributed by atoms with Crippen molar-refractivity contribution in [3.63, 3.8) is 0 Å². The predicted octanol–water partition coefficient (Wildman–Crippen LogP) is 3.46. The summed E-state index contributed by atoms with van der Waals surface area (Å²) in [6, 6.07) is 13.7. The highest BCUT2D eigenvalue weighted by Gasteiger charge is 2.19. The average Bonchev–Trinajstić information content (AvgIpc) is 2.65. The van der Waals surface area contributed by atoms with Gasteiger partial charge < -0.3 is 19.9 Å². The third-order valence-electron chi connectivity index (χ3n) is 4.00. The Kier molecular flexibility index (Phi) is 7.23. The van der Waals surface area contributed by atoms with Crippen molar-refractivity contribution in [2.75, 3.05) is 13.7 Å². The van der Waals surface area contributed by atoms with Crippen molar-refractivity contribution in [1.29, 1.82) is 0 Å². The first-order valence-electron chi connectivity index (χ1n) is 8.79. The number of nitrogens with one attached hydrogen (secondary N) is 1. The van der Waals surface area contributed by atoms with E-state index in [1.165, 1.54) is 25.3 Å². The number of hydrogen-bond donors (Lipinski definition) is 2. The first-order chi connectivity index (χ1) is 12.9. The molecule has 1 atom stereocenters. The molecule has 0 saturated carbocycles. The molecule has 2 aromatic carbocycles. The molecule has 0 bridgehead atoms. The van der Waals surface area contributed by atoms with Gasteiger partial charge in [0.1, 0.15) is 17.1 Å². The Balaban J connectivity index is 1.96. The molecule has 0 aliphatic rings. The maximum atomic E-state index is 12.3. The molecule has 144 valence electrons. The van der Waals surface area contributed by atoms with Crippen LogP contribution in [-0.4, -0.2) is 30.7 Å². The van der Waals surface area contributed by atoms with Crippen LogP contribution >= 0.6 is 0 Å². The lowest BCUT2D eigenvalue weighted by molar-refractivity contribution is -0.125. The molecule has 0 fully saturated rings. The minimum Gasteiger partial charge on any atom is -0.507 e. The van der Waals surface area contributed by atoms with E-state index < -0.39 is 18.5 Å². The van der Waals surface area contributed by atoms with E-state index in [1.807, 2.05) is 30.3 Å². The van der Waals surface area contributed by atoms with Crippen molar-refractivity contribution in [2.24, 2.45) is 5.92 Å². The van der Waals surface area contributed by atoms with Gasteiger partial charge in [-0.3, -0.25) is 4.79 Å². The van der Waals surface area contributed by atoms with Crippen molar-refractivity contribution in [1.82, 2.24) is 5.32 Å². The number of methoxy groups -OCH3 is 1. The number of hydrogen-bond acceptors (Lipinski definition) is 5. The molecule has 0 heterocycles. The monoisotopic (exact) mass is 371 g/mol. The molecule has 6 heteroatoms. The number of carbonyl (C=O) groups excluding carboxylic acids is 2. The molecule has 2 rings (SSSR count). The van der Waals surface area contributed by atoms with Gasteiger partial charge in [0.05, 0.1) is 13.2 Å². The lowest BCUT2D eigenvalue weighted by atomic mass is 9.97. The number of rotatable bonds is 8. The lowest BCUT2D eigenvalue weighted by Gasteiger charge is -2.21. The summed E-state index contributed by atoms with van der Waals surface area (Å²) < 4.78 is 10.0. The van der Waals surface area contributed by atoms with Crippen LogP contribution in [0.4, 0.5) is 0 Å². The first kappa shape index (κ1) is 20.3. The maximum absolute atomic E-state index is 12.3. The second-order valence-electron chi connectivity index (χ2n) is 6.62. The summed E-state index contributed by atoms with van der Waals surface area (Å²) in [5, 5.41) is 12.8. The molecular formula is C21H25NO5. The second-order valence-corrected chi connectivity index (χ2v) is 6.62. The van der Waals surface area contributed by atoms with Crippen LogP contribution in [0.15, 0.2) is 48.5 Å². The molecule has 2 aromatic rings. The zero-order valence-corrected chi connectivity index (χ0v) is 15.8. The van der Waals surface area contributed by atoms with Crippen molar-refractivity contribution in [2.45, 2.75) is 26.3 Å². The van der Waals surface area contributed by atoms with Crippen molar-refractivity contribution in [3.05, 3.63) is 59.7 Å². The predicted molar refractivity (Wildman–Crippen MR) is 102 cm³/mol. The number of aromatic hydroxyl groups is 1. The van der Waals surface area contributed by atoms with Gasteiger partial charge >= 0.3 is 5.97 Å². The summed E-state index contributed by atoms with van der Waals surface area (Å²) in [6.45, 7) is 3.73. The van der Waals surface area contributed by atoms with E-state index in [2.05, 4.69) is 19.2 Å². The number of carbonyl (C=O) groups is 2. The molecule has 1 amide bonds. The van der Waals surface area contributed by atoms with Gasteiger partial charge in [-0.1, -0.05) is 44.2 Å². The van der Waals surface area contributed by atoms with Gasteiger partial charge in [-0.05, 0) is 30.0 Å². The Labute approximate surface area is 159 Å². The summed E-state index contributed by atoms with van der Waals surface area (Å²) in [5.74, 6) is -0.631. The summed E-state index contributed by atoms with van der Waals surface area (Å²) in [7, 11) is 1.46. The third-order valence-corrected chi connectivity index (χ3v) is 4.00. The van der Waals surface area contributed by atoms with Crippen LogP contribution in [0.5, 0.6) is 11.5 Å². The van der Waals surface area contributed by atoms with Crippen LogP contribution < -0.4 is 10.1 Å². The van der Waals surface area contributed by atoms with Gasteiger partial charge in [0.15, 0.2) is 6.61 Å². The van der Waals surface area contributed by atoms with Gasteiger partial charge in [0.2, 0.25) is 0 Å². The van der Waals surface area contributed by atoms with Crippen LogP contribution in [0, 0.1) is 5.92 Å². The van der Waals surface area contributed by atoms with Gasteiger partial charge in [-0.15, -0.1) is 0 Å². The molecule has 0 spiro atoms. The number of benzene rings is 2.